The van der Waals surface area contributed by atoms with Crippen LogP contribution in [0.1, 0.15) is 46.7 Å². The minimum absolute atomic E-state index is 0.0879. The van der Waals surface area contributed by atoms with Crippen molar-refractivity contribution in [3.05, 3.63) is 57.3 Å². The molecule has 1 heterocycles. The van der Waals surface area contributed by atoms with E-state index in [2.05, 4.69) is 62.6 Å². The van der Waals surface area contributed by atoms with Gasteiger partial charge in [0.15, 0.2) is 0 Å². The summed E-state index contributed by atoms with van der Waals surface area (Å²) in [6.45, 7) is 6.52. The molecule has 0 amide bonds. The highest BCUT2D eigenvalue weighted by atomic mass is 32.1. The molecule has 1 aromatic carbocycles. The van der Waals surface area contributed by atoms with Gasteiger partial charge in [-0.05, 0) is 36.1 Å². The second kappa shape index (κ2) is 5.65. The van der Waals surface area contributed by atoms with E-state index in [1.54, 1.807) is 11.3 Å². The van der Waals surface area contributed by atoms with Gasteiger partial charge in [0.1, 0.15) is 0 Å². The van der Waals surface area contributed by atoms with Crippen LogP contribution in [0.2, 0.25) is 0 Å². The van der Waals surface area contributed by atoms with E-state index in [0.29, 0.717) is 5.92 Å². The van der Waals surface area contributed by atoms with Gasteiger partial charge in [-0.25, -0.2) is 5.43 Å². The molecule has 0 radical (unpaired) electrons. The standard InChI is InChI=1S/C15H20N2S/c1-10(2)12-5-7-13(8-6-12)15(17-16)14-9-4-11(3)18-14/h4-10,15,17H,16H2,1-3H3. The van der Waals surface area contributed by atoms with Crippen LogP contribution in [0.3, 0.4) is 0 Å². The highest BCUT2D eigenvalue weighted by molar-refractivity contribution is 7.12. The predicted molar refractivity (Wildman–Crippen MR) is 78.8 cm³/mol. The van der Waals surface area contributed by atoms with Crippen LogP contribution in [0.25, 0.3) is 0 Å². The largest absolute Gasteiger partial charge is 0.271 e. The van der Waals surface area contributed by atoms with Crippen molar-refractivity contribution in [2.24, 2.45) is 5.84 Å². The summed E-state index contributed by atoms with van der Waals surface area (Å²) >= 11 is 1.78. The van der Waals surface area contributed by atoms with Crippen LogP contribution in [-0.4, -0.2) is 0 Å². The summed E-state index contributed by atoms with van der Waals surface area (Å²) in [7, 11) is 0. The molecule has 3 N–H and O–H groups in total. The average molecular weight is 260 g/mol. The highest BCUT2D eigenvalue weighted by Gasteiger charge is 2.14. The lowest BCUT2D eigenvalue weighted by atomic mass is 9.99. The monoisotopic (exact) mass is 260 g/mol. The third kappa shape index (κ3) is 2.80. The van der Waals surface area contributed by atoms with E-state index in [1.807, 2.05) is 0 Å². The van der Waals surface area contributed by atoms with E-state index in [-0.39, 0.29) is 6.04 Å². The van der Waals surface area contributed by atoms with Crippen molar-refractivity contribution < 1.29 is 0 Å². The molecule has 2 nitrogen and oxygen atoms in total. The van der Waals surface area contributed by atoms with Crippen LogP contribution in [0, 0.1) is 6.92 Å². The Bertz CT molecular complexity index is 499. The van der Waals surface area contributed by atoms with Gasteiger partial charge in [-0.1, -0.05) is 38.1 Å². The summed E-state index contributed by atoms with van der Waals surface area (Å²) in [6, 6.07) is 13.1. The Labute approximate surface area is 113 Å². The molecule has 2 rings (SSSR count). The van der Waals surface area contributed by atoms with E-state index in [0.717, 1.165) is 0 Å². The first-order valence-electron chi connectivity index (χ1n) is 6.24. The maximum absolute atomic E-state index is 5.70. The smallest absolute Gasteiger partial charge is 0.0802 e. The molecule has 0 aliphatic carbocycles. The number of nitrogens with one attached hydrogen (secondary N) is 1. The van der Waals surface area contributed by atoms with Gasteiger partial charge in [0.05, 0.1) is 6.04 Å². The number of rotatable bonds is 4. The molecule has 0 aliphatic heterocycles. The Hall–Kier alpha value is -1.16. The minimum atomic E-state index is 0.0879. The topological polar surface area (TPSA) is 38.0 Å². The number of aryl methyl sites for hydroxylation is 1. The van der Waals surface area contributed by atoms with Crippen LogP contribution in [0.4, 0.5) is 0 Å². The highest BCUT2D eigenvalue weighted by Crippen LogP contribution is 2.28. The quantitative estimate of drug-likeness (QED) is 0.649. The fourth-order valence-electron chi connectivity index (χ4n) is 2.02. The van der Waals surface area contributed by atoms with E-state index in [1.165, 1.54) is 20.9 Å². The van der Waals surface area contributed by atoms with Crippen molar-refractivity contribution in [3.8, 4) is 0 Å². The summed E-state index contributed by atoms with van der Waals surface area (Å²) < 4.78 is 0. The summed E-state index contributed by atoms with van der Waals surface area (Å²) in [5, 5.41) is 0. The first kappa shape index (κ1) is 13.3. The molecule has 0 aliphatic rings. The Balaban J connectivity index is 2.28. The molecular weight excluding hydrogens is 240 g/mol. The Morgan fingerprint density at radius 1 is 1.00 bits per heavy atom. The lowest BCUT2D eigenvalue weighted by Gasteiger charge is -2.16. The molecule has 18 heavy (non-hydrogen) atoms. The Kier molecular flexibility index (Phi) is 4.17. The van der Waals surface area contributed by atoms with E-state index >= 15 is 0 Å². The number of hydrogen-bond donors (Lipinski definition) is 2. The van der Waals surface area contributed by atoms with Crippen LogP contribution >= 0.6 is 11.3 Å². The molecule has 1 atom stereocenters. The van der Waals surface area contributed by atoms with Gasteiger partial charge in [-0.15, -0.1) is 11.3 Å². The van der Waals surface area contributed by atoms with Crippen LogP contribution in [0.15, 0.2) is 36.4 Å². The van der Waals surface area contributed by atoms with Crippen molar-refractivity contribution in [3.63, 3.8) is 0 Å². The number of thiophene rings is 1. The molecule has 1 unspecified atom stereocenters. The Morgan fingerprint density at radius 3 is 2.06 bits per heavy atom. The number of hydrazine groups is 1. The zero-order chi connectivity index (χ0) is 13.1. The van der Waals surface area contributed by atoms with E-state index in [4.69, 9.17) is 5.84 Å². The zero-order valence-corrected chi connectivity index (χ0v) is 11.9. The van der Waals surface area contributed by atoms with Gasteiger partial charge in [0.25, 0.3) is 0 Å². The van der Waals surface area contributed by atoms with Gasteiger partial charge < -0.3 is 0 Å². The van der Waals surface area contributed by atoms with Gasteiger partial charge in [0, 0.05) is 9.75 Å². The van der Waals surface area contributed by atoms with Gasteiger partial charge in [-0.3, -0.25) is 5.84 Å². The third-order valence-electron chi connectivity index (χ3n) is 3.15. The van der Waals surface area contributed by atoms with Crippen molar-refractivity contribution in [2.45, 2.75) is 32.7 Å². The second-order valence-electron chi connectivity index (χ2n) is 4.87. The van der Waals surface area contributed by atoms with Gasteiger partial charge in [0.2, 0.25) is 0 Å². The molecule has 0 bridgehead atoms. The number of hydrogen-bond acceptors (Lipinski definition) is 3. The molecule has 0 saturated heterocycles. The first-order chi connectivity index (χ1) is 8.61. The maximum Gasteiger partial charge on any atom is 0.0802 e. The number of benzene rings is 1. The van der Waals surface area contributed by atoms with Crippen molar-refractivity contribution >= 4 is 11.3 Å². The SMILES string of the molecule is Cc1ccc(C(NN)c2ccc(C(C)C)cc2)s1. The summed E-state index contributed by atoms with van der Waals surface area (Å²) in [5.41, 5.74) is 5.48. The fourth-order valence-corrected chi connectivity index (χ4v) is 2.99. The van der Waals surface area contributed by atoms with Gasteiger partial charge in [-0.2, -0.15) is 0 Å². The summed E-state index contributed by atoms with van der Waals surface area (Å²) in [4.78, 5) is 2.57. The molecule has 3 heteroatoms. The third-order valence-corrected chi connectivity index (χ3v) is 4.21. The van der Waals surface area contributed by atoms with Crippen molar-refractivity contribution in [1.82, 2.24) is 5.43 Å². The molecule has 0 fully saturated rings. The lowest BCUT2D eigenvalue weighted by molar-refractivity contribution is 0.646. The van der Waals surface area contributed by atoms with E-state index in [9.17, 15) is 0 Å². The lowest BCUT2D eigenvalue weighted by Crippen LogP contribution is -2.28. The summed E-state index contributed by atoms with van der Waals surface area (Å²) in [6.07, 6.45) is 0. The molecule has 0 saturated carbocycles. The van der Waals surface area contributed by atoms with E-state index < -0.39 is 0 Å². The fraction of sp³-hybridized carbons (Fsp3) is 0.333. The van der Waals surface area contributed by atoms with Crippen LogP contribution in [0.5, 0.6) is 0 Å². The van der Waals surface area contributed by atoms with Crippen LogP contribution in [-0.2, 0) is 0 Å². The van der Waals surface area contributed by atoms with Gasteiger partial charge >= 0.3 is 0 Å². The minimum Gasteiger partial charge on any atom is -0.271 e. The normalized spacial score (nSPS) is 12.9. The van der Waals surface area contributed by atoms with Crippen LogP contribution < -0.4 is 11.3 Å². The molecule has 1 aromatic heterocycles. The predicted octanol–water partition coefficient (Wildman–Crippen LogP) is 3.73. The Morgan fingerprint density at radius 2 is 1.61 bits per heavy atom. The zero-order valence-electron chi connectivity index (χ0n) is 11.1. The molecule has 96 valence electrons. The average Bonchev–Trinajstić information content (AvgIpc) is 2.77. The molecule has 0 spiro atoms. The second-order valence-corrected chi connectivity index (χ2v) is 6.19. The maximum atomic E-state index is 5.70. The molecule has 2 aromatic rings. The summed E-state index contributed by atoms with van der Waals surface area (Å²) in [5.74, 6) is 6.26. The van der Waals surface area contributed by atoms with Crippen molar-refractivity contribution in [2.75, 3.05) is 0 Å². The molecular formula is C15H20N2S. The number of nitrogens with two attached hydrogens (primary N) is 1. The first-order valence-corrected chi connectivity index (χ1v) is 7.05. The van der Waals surface area contributed by atoms with Crippen molar-refractivity contribution in [1.29, 1.82) is 0 Å².